The summed E-state index contributed by atoms with van der Waals surface area (Å²) < 4.78 is 6.82. The largest absolute Gasteiger partial charge is 0.383 e. The molecule has 2 aromatic rings. The third-order valence-corrected chi connectivity index (χ3v) is 2.53. The maximum atomic E-state index is 5.60. The molecule has 92 valence electrons. The first kappa shape index (κ1) is 11.8. The first-order valence-corrected chi connectivity index (χ1v) is 5.59. The van der Waals surface area contributed by atoms with E-state index in [2.05, 4.69) is 15.0 Å². The zero-order valence-corrected chi connectivity index (χ0v) is 9.91. The third-order valence-electron chi connectivity index (χ3n) is 2.53. The van der Waals surface area contributed by atoms with Crippen molar-refractivity contribution in [2.45, 2.75) is 0 Å². The Morgan fingerprint density at radius 1 is 1.41 bits per heavy atom. The van der Waals surface area contributed by atoms with E-state index in [9.17, 15) is 0 Å². The summed E-state index contributed by atoms with van der Waals surface area (Å²) in [5.74, 6) is 0.903. The van der Waals surface area contributed by atoms with Gasteiger partial charge in [-0.1, -0.05) is 0 Å². The predicted octanol–water partition coefficient (Wildman–Crippen LogP) is 0.141. The highest BCUT2D eigenvalue weighted by Gasteiger charge is 2.07. The van der Waals surface area contributed by atoms with Gasteiger partial charge in [0.25, 0.3) is 0 Å². The smallest absolute Gasteiger partial charge is 0.157 e. The average Bonchev–Trinajstić information content (AvgIpc) is 2.81. The standard InChI is InChI=1S/C11H17N5O/c1-17-9-8-15(7-4-12)10-3-6-16-11(14-10)2-5-13-16/h2-3,5-6H,4,7-9,12H2,1H3. The Balaban J connectivity index is 2.20. The average molecular weight is 235 g/mol. The highest BCUT2D eigenvalue weighted by molar-refractivity contribution is 5.47. The van der Waals surface area contributed by atoms with E-state index in [0.29, 0.717) is 13.2 Å². The van der Waals surface area contributed by atoms with Crippen LogP contribution >= 0.6 is 0 Å². The van der Waals surface area contributed by atoms with Crippen LogP contribution in [-0.2, 0) is 4.74 Å². The second-order valence-corrected chi connectivity index (χ2v) is 3.69. The lowest BCUT2D eigenvalue weighted by Gasteiger charge is -2.22. The van der Waals surface area contributed by atoms with Gasteiger partial charge in [-0.2, -0.15) is 5.10 Å². The van der Waals surface area contributed by atoms with E-state index in [0.717, 1.165) is 24.6 Å². The lowest BCUT2D eigenvalue weighted by atomic mass is 10.4. The molecule has 0 amide bonds. The normalized spacial score (nSPS) is 10.9. The number of nitrogens with zero attached hydrogens (tertiary/aromatic N) is 4. The van der Waals surface area contributed by atoms with Gasteiger partial charge in [0, 0.05) is 39.0 Å². The quantitative estimate of drug-likeness (QED) is 0.771. The molecule has 2 rings (SSSR count). The zero-order chi connectivity index (χ0) is 12.1. The van der Waals surface area contributed by atoms with Gasteiger partial charge in [-0.05, 0) is 6.07 Å². The fraction of sp³-hybridized carbons (Fsp3) is 0.455. The summed E-state index contributed by atoms with van der Waals surface area (Å²) in [6.45, 7) is 2.80. The highest BCUT2D eigenvalue weighted by atomic mass is 16.5. The maximum absolute atomic E-state index is 5.60. The molecule has 0 aliphatic carbocycles. The minimum atomic E-state index is 0.593. The van der Waals surface area contributed by atoms with Gasteiger partial charge in [0.2, 0.25) is 0 Å². The fourth-order valence-corrected chi connectivity index (χ4v) is 1.68. The molecule has 0 aliphatic heterocycles. The van der Waals surface area contributed by atoms with Crippen molar-refractivity contribution in [3.05, 3.63) is 24.5 Å². The Labute approximate surface area is 100.0 Å². The number of hydrogen-bond acceptors (Lipinski definition) is 5. The molecule has 6 nitrogen and oxygen atoms in total. The number of nitrogens with two attached hydrogens (primary N) is 1. The van der Waals surface area contributed by atoms with Crippen LogP contribution in [0, 0.1) is 0 Å². The first-order chi connectivity index (χ1) is 8.35. The van der Waals surface area contributed by atoms with E-state index >= 15 is 0 Å². The van der Waals surface area contributed by atoms with Crippen LogP contribution in [0.3, 0.4) is 0 Å². The van der Waals surface area contributed by atoms with Gasteiger partial charge in [0.15, 0.2) is 5.65 Å². The van der Waals surface area contributed by atoms with Crippen molar-refractivity contribution in [2.75, 3.05) is 38.3 Å². The number of aromatic nitrogens is 3. The van der Waals surface area contributed by atoms with Crippen molar-refractivity contribution >= 4 is 11.5 Å². The molecule has 0 unspecified atom stereocenters. The molecule has 2 N–H and O–H groups in total. The van der Waals surface area contributed by atoms with Crippen LogP contribution in [0.25, 0.3) is 5.65 Å². The van der Waals surface area contributed by atoms with Crippen molar-refractivity contribution < 1.29 is 4.74 Å². The van der Waals surface area contributed by atoms with Crippen LogP contribution in [0.1, 0.15) is 0 Å². The first-order valence-electron chi connectivity index (χ1n) is 5.59. The molecule has 2 aromatic heterocycles. The monoisotopic (exact) mass is 235 g/mol. The van der Waals surface area contributed by atoms with Crippen LogP contribution < -0.4 is 10.6 Å². The highest BCUT2D eigenvalue weighted by Crippen LogP contribution is 2.11. The van der Waals surface area contributed by atoms with Crippen LogP contribution in [0.5, 0.6) is 0 Å². The molecule has 6 heteroatoms. The van der Waals surface area contributed by atoms with Crippen molar-refractivity contribution in [3.63, 3.8) is 0 Å². The van der Waals surface area contributed by atoms with E-state index in [1.54, 1.807) is 17.8 Å². The Morgan fingerprint density at radius 2 is 2.29 bits per heavy atom. The number of ether oxygens (including phenoxy) is 1. The summed E-state index contributed by atoms with van der Waals surface area (Å²) in [5, 5.41) is 4.11. The second kappa shape index (κ2) is 5.60. The Bertz CT molecular complexity index is 470. The Morgan fingerprint density at radius 3 is 3.06 bits per heavy atom. The van der Waals surface area contributed by atoms with Gasteiger partial charge >= 0.3 is 0 Å². The topological polar surface area (TPSA) is 68.7 Å². The van der Waals surface area contributed by atoms with E-state index in [1.165, 1.54) is 0 Å². The van der Waals surface area contributed by atoms with Crippen molar-refractivity contribution in [2.24, 2.45) is 5.73 Å². The van der Waals surface area contributed by atoms with Gasteiger partial charge in [0.1, 0.15) is 5.82 Å². The third kappa shape index (κ3) is 2.72. The molecular formula is C11H17N5O. The molecule has 0 aromatic carbocycles. The van der Waals surface area contributed by atoms with Crippen LogP contribution in [-0.4, -0.2) is 47.9 Å². The number of anilines is 1. The van der Waals surface area contributed by atoms with Crippen LogP contribution in [0.2, 0.25) is 0 Å². The van der Waals surface area contributed by atoms with E-state index < -0.39 is 0 Å². The van der Waals surface area contributed by atoms with Gasteiger partial charge in [-0.3, -0.25) is 0 Å². The van der Waals surface area contributed by atoms with E-state index in [1.807, 2.05) is 18.3 Å². The molecule has 17 heavy (non-hydrogen) atoms. The molecule has 2 heterocycles. The summed E-state index contributed by atoms with van der Waals surface area (Å²) >= 11 is 0. The maximum Gasteiger partial charge on any atom is 0.157 e. The van der Waals surface area contributed by atoms with Crippen LogP contribution in [0.4, 0.5) is 5.82 Å². The van der Waals surface area contributed by atoms with Crippen molar-refractivity contribution in [1.29, 1.82) is 0 Å². The van der Waals surface area contributed by atoms with E-state index in [4.69, 9.17) is 10.5 Å². The van der Waals surface area contributed by atoms with Gasteiger partial charge in [-0.25, -0.2) is 9.50 Å². The lowest BCUT2D eigenvalue weighted by Crippen LogP contribution is -2.33. The molecule has 0 saturated carbocycles. The number of fused-ring (bicyclic) bond motifs is 1. The van der Waals surface area contributed by atoms with Crippen LogP contribution in [0.15, 0.2) is 24.5 Å². The Kier molecular flexibility index (Phi) is 3.89. The number of hydrogen-bond donors (Lipinski definition) is 1. The molecule has 0 bridgehead atoms. The number of methoxy groups -OCH3 is 1. The lowest BCUT2D eigenvalue weighted by molar-refractivity contribution is 0.205. The van der Waals surface area contributed by atoms with Gasteiger partial charge in [0.05, 0.1) is 12.8 Å². The summed E-state index contributed by atoms with van der Waals surface area (Å²) in [6, 6.07) is 3.81. The Hall–Kier alpha value is -1.66. The van der Waals surface area contributed by atoms with Gasteiger partial charge < -0.3 is 15.4 Å². The zero-order valence-electron chi connectivity index (χ0n) is 9.91. The summed E-state index contributed by atoms with van der Waals surface area (Å²) in [6.07, 6.45) is 3.63. The second-order valence-electron chi connectivity index (χ2n) is 3.69. The van der Waals surface area contributed by atoms with Crippen molar-refractivity contribution in [1.82, 2.24) is 14.6 Å². The molecule has 0 aliphatic rings. The fourth-order valence-electron chi connectivity index (χ4n) is 1.68. The summed E-state index contributed by atoms with van der Waals surface area (Å²) in [5.41, 5.74) is 6.44. The minimum absolute atomic E-state index is 0.593. The summed E-state index contributed by atoms with van der Waals surface area (Å²) in [7, 11) is 1.69. The minimum Gasteiger partial charge on any atom is -0.383 e. The molecule has 0 radical (unpaired) electrons. The number of rotatable bonds is 6. The van der Waals surface area contributed by atoms with E-state index in [-0.39, 0.29) is 0 Å². The predicted molar refractivity (Wildman–Crippen MR) is 66.1 cm³/mol. The van der Waals surface area contributed by atoms with Crippen molar-refractivity contribution in [3.8, 4) is 0 Å². The molecular weight excluding hydrogens is 218 g/mol. The molecule has 0 spiro atoms. The summed E-state index contributed by atoms with van der Waals surface area (Å²) in [4.78, 5) is 6.63. The molecule has 0 atom stereocenters. The SMILES string of the molecule is COCCN(CCN)c1ccn2nccc2n1. The molecule has 0 fully saturated rings. The van der Waals surface area contributed by atoms with Gasteiger partial charge in [-0.15, -0.1) is 0 Å². The molecule has 0 saturated heterocycles.